The molecule has 4 amide bonds. The van der Waals surface area contributed by atoms with Crippen LogP contribution in [0.1, 0.15) is 78.3 Å². The molecule has 0 radical (unpaired) electrons. The van der Waals surface area contributed by atoms with E-state index in [4.69, 9.17) is 20.6 Å². The van der Waals surface area contributed by atoms with Crippen LogP contribution in [0, 0.1) is 16.6 Å². The van der Waals surface area contributed by atoms with Crippen molar-refractivity contribution in [1.29, 1.82) is 5.41 Å². The van der Waals surface area contributed by atoms with E-state index in [0.29, 0.717) is 43.9 Å². The Hall–Kier alpha value is -4.36. The number of hydrogen-bond donors (Lipinski definition) is 2. The zero-order valence-electron chi connectivity index (χ0n) is 29.8. The molecule has 1 saturated carbocycles. The van der Waals surface area contributed by atoms with Crippen LogP contribution in [0.5, 0.6) is 0 Å². The molecule has 0 aromatic heterocycles. The Morgan fingerprint density at radius 3 is 2.04 bits per heavy atom. The van der Waals surface area contributed by atoms with Gasteiger partial charge in [0.1, 0.15) is 11.4 Å². The van der Waals surface area contributed by atoms with Gasteiger partial charge in [0.05, 0.1) is 23.2 Å². The first-order chi connectivity index (χ1) is 24.2. The van der Waals surface area contributed by atoms with Gasteiger partial charge in [-0.25, -0.2) is 9.18 Å². The van der Waals surface area contributed by atoms with Crippen LogP contribution >= 0.6 is 0 Å². The third-order valence-electron chi connectivity index (χ3n) is 10.8. The van der Waals surface area contributed by atoms with Gasteiger partial charge in [-0.15, -0.1) is 0 Å². The number of piperazine rings is 2. The maximum Gasteiger partial charge on any atom is 0.410 e. The van der Waals surface area contributed by atoms with Gasteiger partial charge in [0.15, 0.2) is 0 Å². The largest absolute Gasteiger partial charge is 0.444 e. The SMILES string of the molecule is CC(C)(C)OC(=O)N1CCN(CC23CCC(C(=O)N4CCN(C(=O)c5cc(CC(=N)c6ccccc6C(N)=O)ccc5F)CC4)(CC2)CO3)CC1. The smallest absolute Gasteiger partial charge is 0.410 e. The van der Waals surface area contributed by atoms with Crippen molar-refractivity contribution in [3.63, 3.8) is 0 Å². The third-order valence-corrected chi connectivity index (χ3v) is 10.8. The lowest BCUT2D eigenvalue weighted by molar-refractivity contribution is -0.203. The fourth-order valence-corrected chi connectivity index (χ4v) is 7.79. The Morgan fingerprint density at radius 1 is 0.843 bits per heavy atom. The molecule has 51 heavy (non-hydrogen) atoms. The van der Waals surface area contributed by atoms with Crippen molar-refractivity contribution in [2.24, 2.45) is 11.1 Å². The van der Waals surface area contributed by atoms with Crippen molar-refractivity contribution in [2.45, 2.75) is 64.1 Å². The molecule has 13 heteroatoms. The molecule has 3 N–H and O–H groups in total. The molecule has 5 aliphatic rings. The molecule has 2 aromatic carbocycles. The van der Waals surface area contributed by atoms with Crippen LogP contribution in [0.2, 0.25) is 0 Å². The molecule has 12 nitrogen and oxygen atoms in total. The van der Waals surface area contributed by atoms with Crippen molar-refractivity contribution in [3.8, 4) is 0 Å². The van der Waals surface area contributed by atoms with E-state index in [0.717, 1.165) is 45.3 Å². The number of ether oxygens (including phenoxy) is 2. The van der Waals surface area contributed by atoms with Gasteiger partial charge < -0.3 is 35.3 Å². The van der Waals surface area contributed by atoms with E-state index in [-0.39, 0.29) is 54.0 Å². The van der Waals surface area contributed by atoms with Crippen molar-refractivity contribution in [1.82, 2.24) is 19.6 Å². The first-order valence-corrected chi connectivity index (χ1v) is 17.9. The highest BCUT2D eigenvalue weighted by atomic mass is 19.1. The Bertz CT molecular complexity index is 1670. The molecule has 2 aromatic rings. The summed E-state index contributed by atoms with van der Waals surface area (Å²) in [4.78, 5) is 59.3. The van der Waals surface area contributed by atoms with Crippen LogP contribution in [0.4, 0.5) is 9.18 Å². The Labute approximate surface area is 298 Å². The molecule has 0 spiro atoms. The zero-order chi connectivity index (χ0) is 36.6. The molecule has 4 saturated heterocycles. The van der Waals surface area contributed by atoms with Crippen LogP contribution in [-0.4, -0.2) is 126 Å². The Kier molecular flexibility index (Phi) is 10.2. The summed E-state index contributed by atoms with van der Waals surface area (Å²) >= 11 is 0. The molecule has 7 rings (SSSR count). The number of benzene rings is 2. The highest BCUT2D eigenvalue weighted by Crippen LogP contribution is 2.50. The molecule has 4 heterocycles. The molecule has 1 aliphatic carbocycles. The number of rotatable bonds is 8. The molecule has 0 unspecified atom stereocenters. The number of carbonyl (C=O) groups is 4. The molecule has 0 atom stereocenters. The maximum absolute atomic E-state index is 15.0. The number of nitrogens with one attached hydrogen (secondary N) is 1. The minimum Gasteiger partial charge on any atom is -0.444 e. The molecular weight excluding hydrogens is 655 g/mol. The van der Waals surface area contributed by atoms with Crippen molar-refractivity contribution in [3.05, 3.63) is 70.5 Å². The van der Waals surface area contributed by atoms with E-state index in [1.807, 2.05) is 25.7 Å². The standard InChI is InChI=1S/C38H49FN6O6/c1-36(2,3)51-35(49)45-16-14-42(15-17-45)24-38-12-10-37(11-13-38,25-50-38)34(48)44-20-18-43(19-21-44)33(47)29-22-26(8-9-30(29)39)23-31(40)27-6-4-5-7-28(27)32(41)46/h4-9,22,40H,10-21,23-25H2,1-3H3,(H2,41,46). The first-order valence-electron chi connectivity index (χ1n) is 17.9. The summed E-state index contributed by atoms with van der Waals surface area (Å²) in [5.74, 6) is -1.69. The van der Waals surface area contributed by atoms with Gasteiger partial charge in [0, 0.05) is 82.2 Å². The van der Waals surface area contributed by atoms with Crippen molar-refractivity contribution >= 4 is 29.5 Å². The monoisotopic (exact) mass is 704 g/mol. The van der Waals surface area contributed by atoms with Crippen LogP contribution in [0.25, 0.3) is 0 Å². The lowest BCUT2D eigenvalue weighted by atomic mass is 9.65. The first kappa shape index (κ1) is 36.4. The topological polar surface area (TPSA) is 150 Å². The average Bonchev–Trinajstić information content (AvgIpc) is 3.12. The second kappa shape index (κ2) is 14.3. The quantitative estimate of drug-likeness (QED) is 0.398. The number of halogens is 1. The number of amides is 4. The van der Waals surface area contributed by atoms with E-state index in [1.165, 1.54) is 18.2 Å². The lowest BCUT2D eigenvalue weighted by Crippen LogP contribution is -2.63. The summed E-state index contributed by atoms with van der Waals surface area (Å²) in [5, 5.41) is 8.56. The van der Waals surface area contributed by atoms with Crippen molar-refractivity contribution in [2.75, 3.05) is 65.5 Å². The predicted molar refractivity (Wildman–Crippen MR) is 188 cm³/mol. The summed E-state index contributed by atoms with van der Waals surface area (Å²) in [5.41, 5.74) is 5.33. The molecule has 2 bridgehead atoms. The van der Waals surface area contributed by atoms with Crippen LogP contribution < -0.4 is 5.73 Å². The number of nitrogens with zero attached hydrogens (tertiary/aromatic N) is 4. The van der Waals surface area contributed by atoms with E-state index >= 15 is 0 Å². The van der Waals surface area contributed by atoms with Crippen LogP contribution in [0.15, 0.2) is 42.5 Å². The molecule has 4 aliphatic heterocycles. The maximum atomic E-state index is 15.0. The average molecular weight is 705 g/mol. The molecule has 274 valence electrons. The summed E-state index contributed by atoms with van der Waals surface area (Å²) < 4.78 is 27.0. The van der Waals surface area contributed by atoms with Gasteiger partial charge in [-0.3, -0.25) is 19.3 Å². The predicted octanol–water partition coefficient (Wildman–Crippen LogP) is 3.70. The highest BCUT2D eigenvalue weighted by Gasteiger charge is 2.55. The van der Waals surface area contributed by atoms with Crippen LogP contribution in [0.3, 0.4) is 0 Å². The summed E-state index contributed by atoms with van der Waals surface area (Å²) in [7, 11) is 0. The van der Waals surface area contributed by atoms with Gasteiger partial charge in [-0.05, 0) is 70.2 Å². The summed E-state index contributed by atoms with van der Waals surface area (Å²) in [6.07, 6.45) is 2.90. The highest BCUT2D eigenvalue weighted by molar-refractivity contribution is 6.09. The van der Waals surface area contributed by atoms with E-state index < -0.39 is 28.6 Å². The lowest BCUT2D eigenvalue weighted by Gasteiger charge is -2.55. The second-order valence-electron chi connectivity index (χ2n) is 15.5. The third kappa shape index (κ3) is 7.94. The number of primary amides is 1. The van der Waals surface area contributed by atoms with Crippen LogP contribution in [-0.2, 0) is 20.7 Å². The molecule has 5 fully saturated rings. The summed E-state index contributed by atoms with van der Waals surface area (Å²) in [6, 6.07) is 10.8. The second-order valence-corrected chi connectivity index (χ2v) is 15.5. The fourth-order valence-electron chi connectivity index (χ4n) is 7.79. The van der Waals surface area contributed by atoms with Gasteiger partial charge in [0.25, 0.3) is 5.91 Å². The van der Waals surface area contributed by atoms with Crippen molar-refractivity contribution < 1.29 is 33.0 Å². The number of fused-ring (bicyclic) bond motifs is 3. The molecular formula is C38H49FN6O6. The Morgan fingerprint density at radius 2 is 1.45 bits per heavy atom. The summed E-state index contributed by atoms with van der Waals surface area (Å²) in [6.45, 7) is 10.8. The van der Waals surface area contributed by atoms with Gasteiger partial charge in [-0.2, -0.15) is 0 Å². The number of nitrogens with two attached hydrogens (primary N) is 1. The normalized spacial score (nSPS) is 24.0. The van der Waals surface area contributed by atoms with Gasteiger partial charge in [0.2, 0.25) is 11.8 Å². The zero-order valence-corrected chi connectivity index (χ0v) is 29.8. The fraction of sp³-hybridized carbons (Fsp3) is 0.553. The number of hydrogen-bond acceptors (Lipinski definition) is 8. The van der Waals surface area contributed by atoms with Gasteiger partial charge in [-0.1, -0.05) is 24.3 Å². The van der Waals surface area contributed by atoms with E-state index in [2.05, 4.69) is 4.90 Å². The number of carbonyl (C=O) groups excluding carboxylic acids is 4. The van der Waals surface area contributed by atoms with Gasteiger partial charge >= 0.3 is 6.09 Å². The minimum absolute atomic E-state index is 0.0665. The van der Waals surface area contributed by atoms with E-state index in [1.54, 1.807) is 34.1 Å². The minimum atomic E-state index is -0.653. The Balaban J connectivity index is 0.994. The van der Waals surface area contributed by atoms with E-state index in [9.17, 15) is 23.6 Å².